The molecule has 0 heterocycles. The van der Waals surface area contributed by atoms with Crippen LogP contribution in [-0.4, -0.2) is 29.0 Å². The van der Waals surface area contributed by atoms with Crippen LogP contribution in [0.5, 0.6) is 11.5 Å². The first-order valence-corrected chi connectivity index (χ1v) is 5.66. The Hall–Kier alpha value is -1.26. The van der Waals surface area contributed by atoms with Gasteiger partial charge < -0.3 is 20.3 Å². The molecule has 0 spiro atoms. The third kappa shape index (κ3) is 3.61. The van der Waals surface area contributed by atoms with Gasteiger partial charge in [-0.15, -0.1) is 0 Å². The SMILES string of the molecule is COc1ccc(CNC(C)(C)C(C)O)cc1O. The van der Waals surface area contributed by atoms with Crippen LogP contribution in [0.4, 0.5) is 0 Å². The van der Waals surface area contributed by atoms with Gasteiger partial charge in [-0.1, -0.05) is 6.07 Å². The molecule has 4 heteroatoms. The highest BCUT2D eigenvalue weighted by molar-refractivity contribution is 5.41. The van der Waals surface area contributed by atoms with Crippen molar-refractivity contribution in [3.05, 3.63) is 23.8 Å². The molecule has 0 amide bonds. The fourth-order valence-corrected chi connectivity index (χ4v) is 1.32. The fraction of sp³-hybridized carbons (Fsp3) is 0.538. The van der Waals surface area contributed by atoms with Crippen molar-refractivity contribution < 1.29 is 14.9 Å². The second-order valence-electron chi connectivity index (χ2n) is 4.76. The number of rotatable bonds is 5. The lowest BCUT2D eigenvalue weighted by Crippen LogP contribution is -2.47. The monoisotopic (exact) mass is 239 g/mol. The molecule has 0 fully saturated rings. The van der Waals surface area contributed by atoms with E-state index in [9.17, 15) is 10.2 Å². The van der Waals surface area contributed by atoms with Crippen molar-refractivity contribution >= 4 is 0 Å². The summed E-state index contributed by atoms with van der Waals surface area (Å²) in [6.45, 7) is 6.19. The quantitative estimate of drug-likeness (QED) is 0.731. The van der Waals surface area contributed by atoms with Crippen LogP contribution in [0.25, 0.3) is 0 Å². The second-order valence-corrected chi connectivity index (χ2v) is 4.76. The highest BCUT2D eigenvalue weighted by Crippen LogP contribution is 2.26. The lowest BCUT2D eigenvalue weighted by atomic mass is 9.98. The molecule has 17 heavy (non-hydrogen) atoms. The average Bonchev–Trinajstić information content (AvgIpc) is 2.26. The first kappa shape index (κ1) is 13.8. The Kier molecular flexibility index (Phi) is 4.37. The van der Waals surface area contributed by atoms with Gasteiger partial charge in [0.1, 0.15) is 0 Å². The summed E-state index contributed by atoms with van der Waals surface area (Å²) in [5.74, 6) is 0.588. The van der Waals surface area contributed by atoms with Gasteiger partial charge in [0.2, 0.25) is 0 Å². The molecular formula is C13H21NO3. The van der Waals surface area contributed by atoms with Crippen LogP contribution >= 0.6 is 0 Å². The van der Waals surface area contributed by atoms with Gasteiger partial charge >= 0.3 is 0 Å². The number of phenols is 1. The molecule has 0 saturated heterocycles. The largest absolute Gasteiger partial charge is 0.504 e. The summed E-state index contributed by atoms with van der Waals surface area (Å²) >= 11 is 0. The molecule has 0 aliphatic carbocycles. The molecule has 4 nitrogen and oxygen atoms in total. The van der Waals surface area contributed by atoms with Gasteiger partial charge in [-0.2, -0.15) is 0 Å². The predicted octanol–water partition coefficient (Wildman–Crippen LogP) is 1.65. The summed E-state index contributed by atoms with van der Waals surface area (Å²) in [6, 6.07) is 5.26. The zero-order chi connectivity index (χ0) is 13.1. The molecule has 0 radical (unpaired) electrons. The maximum atomic E-state index is 9.63. The number of hydrogen-bond donors (Lipinski definition) is 3. The Balaban J connectivity index is 2.67. The van der Waals surface area contributed by atoms with Crippen molar-refractivity contribution in [2.75, 3.05) is 7.11 Å². The fourth-order valence-electron chi connectivity index (χ4n) is 1.32. The molecule has 1 atom stereocenters. The maximum absolute atomic E-state index is 9.63. The van der Waals surface area contributed by atoms with Crippen molar-refractivity contribution in [3.63, 3.8) is 0 Å². The van der Waals surface area contributed by atoms with Gasteiger partial charge in [-0.05, 0) is 38.5 Å². The van der Waals surface area contributed by atoms with E-state index in [1.54, 1.807) is 19.1 Å². The van der Waals surface area contributed by atoms with Crippen LogP contribution in [0.2, 0.25) is 0 Å². The predicted molar refractivity (Wildman–Crippen MR) is 67.3 cm³/mol. The number of aromatic hydroxyl groups is 1. The molecule has 0 bridgehead atoms. The number of nitrogens with one attached hydrogen (secondary N) is 1. The van der Waals surface area contributed by atoms with E-state index in [0.717, 1.165) is 5.56 Å². The molecule has 3 N–H and O–H groups in total. The standard InChI is InChI=1S/C13H21NO3/c1-9(15)13(2,3)14-8-10-5-6-12(17-4)11(16)7-10/h5-7,9,14-16H,8H2,1-4H3. The molecule has 0 aliphatic heterocycles. The number of benzene rings is 1. The van der Waals surface area contributed by atoms with Crippen molar-refractivity contribution in [2.24, 2.45) is 0 Å². The maximum Gasteiger partial charge on any atom is 0.160 e. The molecule has 1 unspecified atom stereocenters. The van der Waals surface area contributed by atoms with Gasteiger partial charge in [0, 0.05) is 12.1 Å². The van der Waals surface area contributed by atoms with Crippen molar-refractivity contribution in [1.29, 1.82) is 0 Å². The molecule has 1 aromatic rings. The average molecular weight is 239 g/mol. The topological polar surface area (TPSA) is 61.7 Å². The van der Waals surface area contributed by atoms with Crippen LogP contribution in [0, 0.1) is 0 Å². The Labute approximate surface area is 102 Å². The zero-order valence-electron chi connectivity index (χ0n) is 10.8. The van der Waals surface area contributed by atoms with Gasteiger partial charge in [-0.3, -0.25) is 0 Å². The smallest absolute Gasteiger partial charge is 0.160 e. The van der Waals surface area contributed by atoms with E-state index in [1.807, 2.05) is 19.9 Å². The molecule has 0 aliphatic rings. The Morgan fingerprint density at radius 1 is 1.41 bits per heavy atom. The molecular weight excluding hydrogens is 218 g/mol. The summed E-state index contributed by atoms with van der Waals surface area (Å²) in [6.07, 6.45) is -0.450. The summed E-state index contributed by atoms with van der Waals surface area (Å²) in [5.41, 5.74) is 0.576. The van der Waals surface area contributed by atoms with Crippen LogP contribution < -0.4 is 10.1 Å². The van der Waals surface area contributed by atoms with Gasteiger partial charge in [0.25, 0.3) is 0 Å². The van der Waals surface area contributed by atoms with E-state index < -0.39 is 6.10 Å². The molecule has 1 rings (SSSR count). The van der Waals surface area contributed by atoms with Crippen LogP contribution in [0.15, 0.2) is 18.2 Å². The van der Waals surface area contributed by atoms with Crippen LogP contribution in [-0.2, 0) is 6.54 Å². The van der Waals surface area contributed by atoms with E-state index in [2.05, 4.69) is 5.32 Å². The van der Waals surface area contributed by atoms with Crippen LogP contribution in [0.3, 0.4) is 0 Å². The third-order valence-corrected chi connectivity index (χ3v) is 3.04. The van der Waals surface area contributed by atoms with Gasteiger partial charge in [0.05, 0.1) is 13.2 Å². The molecule has 1 aromatic carbocycles. The molecule has 0 aromatic heterocycles. The van der Waals surface area contributed by atoms with Crippen molar-refractivity contribution in [1.82, 2.24) is 5.32 Å². The number of methoxy groups -OCH3 is 1. The minimum absolute atomic E-state index is 0.127. The van der Waals surface area contributed by atoms with E-state index >= 15 is 0 Å². The van der Waals surface area contributed by atoms with Crippen molar-refractivity contribution in [3.8, 4) is 11.5 Å². The van der Waals surface area contributed by atoms with E-state index in [4.69, 9.17) is 4.74 Å². The number of hydrogen-bond acceptors (Lipinski definition) is 4. The highest BCUT2D eigenvalue weighted by Gasteiger charge is 2.22. The number of ether oxygens (including phenoxy) is 1. The number of aliphatic hydroxyl groups is 1. The van der Waals surface area contributed by atoms with E-state index in [-0.39, 0.29) is 11.3 Å². The Morgan fingerprint density at radius 3 is 2.53 bits per heavy atom. The first-order chi connectivity index (χ1) is 7.86. The normalized spacial score (nSPS) is 13.5. The van der Waals surface area contributed by atoms with E-state index in [0.29, 0.717) is 12.3 Å². The second kappa shape index (κ2) is 5.38. The lowest BCUT2D eigenvalue weighted by molar-refractivity contribution is 0.0956. The highest BCUT2D eigenvalue weighted by atomic mass is 16.5. The van der Waals surface area contributed by atoms with Crippen molar-refractivity contribution in [2.45, 2.75) is 39.0 Å². The minimum atomic E-state index is -0.450. The third-order valence-electron chi connectivity index (χ3n) is 3.04. The summed E-state index contributed by atoms with van der Waals surface area (Å²) in [5, 5.41) is 22.4. The minimum Gasteiger partial charge on any atom is -0.504 e. The van der Waals surface area contributed by atoms with Gasteiger partial charge in [0.15, 0.2) is 11.5 Å². The molecule has 96 valence electrons. The Morgan fingerprint density at radius 2 is 2.06 bits per heavy atom. The van der Waals surface area contributed by atoms with E-state index in [1.165, 1.54) is 7.11 Å². The number of phenolic OH excluding ortho intramolecular Hbond substituents is 1. The zero-order valence-corrected chi connectivity index (χ0v) is 10.8. The number of aliphatic hydroxyl groups excluding tert-OH is 1. The summed E-state index contributed by atoms with van der Waals surface area (Å²) < 4.78 is 4.97. The summed E-state index contributed by atoms with van der Waals surface area (Å²) in [4.78, 5) is 0. The van der Waals surface area contributed by atoms with Gasteiger partial charge in [-0.25, -0.2) is 0 Å². The lowest BCUT2D eigenvalue weighted by Gasteiger charge is -2.29. The summed E-state index contributed by atoms with van der Waals surface area (Å²) in [7, 11) is 1.52. The van der Waals surface area contributed by atoms with Crippen LogP contribution in [0.1, 0.15) is 26.3 Å². The Bertz CT molecular complexity index is 375. The molecule has 0 saturated carbocycles. The first-order valence-electron chi connectivity index (χ1n) is 5.66.